The molecule has 2 bridgehead atoms. The third kappa shape index (κ3) is 2.76. The number of aromatic nitrogens is 4. The van der Waals surface area contributed by atoms with Crippen molar-refractivity contribution in [3.63, 3.8) is 0 Å². The summed E-state index contributed by atoms with van der Waals surface area (Å²) in [7, 11) is 1.85. The van der Waals surface area contributed by atoms with Gasteiger partial charge in [0.25, 0.3) is 0 Å². The summed E-state index contributed by atoms with van der Waals surface area (Å²) >= 11 is 0. The summed E-state index contributed by atoms with van der Waals surface area (Å²) in [6, 6.07) is 9.03. The Hall–Kier alpha value is -3.65. The van der Waals surface area contributed by atoms with Crippen LogP contribution in [-0.4, -0.2) is 25.3 Å². The Labute approximate surface area is 185 Å². The van der Waals surface area contributed by atoms with E-state index >= 15 is 0 Å². The summed E-state index contributed by atoms with van der Waals surface area (Å²) in [5.74, 6) is 2.18. The van der Waals surface area contributed by atoms with Crippen molar-refractivity contribution in [2.45, 2.75) is 51.0 Å². The SMILES string of the molecule is Cc1cc([C@@H]2C[C@@H]2C#N)cc(C)c1Oc1nc(NC23CC(C#N)(C2)C3)nc2nn(C)cc12. The van der Waals surface area contributed by atoms with Gasteiger partial charge in [-0.25, -0.2) is 0 Å². The number of anilines is 1. The van der Waals surface area contributed by atoms with Crippen LogP contribution in [0.2, 0.25) is 0 Å². The molecule has 4 aliphatic rings. The largest absolute Gasteiger partial charge is 0.437 e. The second-order valence-corrected chi connectivity index (χ2v) is 9.88. The lowest BCUT2D eigenvalue weighted by molar-refractivity contribution is -0.0665. The summed E-state index contributed by atoms with van der Waals surface area (Å²) in [5, 5.41) is 27.1. The maximum absolute atomic E-state index is 9.30. The zero-order valence-corrected chi connectivity index (χ0v) is 18.3. The molecule has 4 saturated carbocycles. The maximum atomic E-state index is 9.30. The number of hydrogen-bond acceptors (Lipinski definition) is 7. The first-order chi connectivity index (χ1) is 15.3. The molecule has 3 aromatic rings. The van der Waals surface area contributed by atoms with E-state index < -0.39 is 0 Å². The van der Waals surface area contributed by atoms with Gasteiger partial charge in [0.15, 0.2) is 5.65 Å². The van der Waals surface area contributed by atoms with Gasteiger partial charge < -0.3 is 10.1 Å². The second kappa shape index (κ2) is 6.20. The number of hydrogen-bond donors (Lipinski definition) is 1. The lowest BCUT2D eigenvalue weighted by Gasteiger charge is -2.66. The quantitative estimate of drug-likeness (QED) is 0.650. The van der Waals surface area contributed by atoms with Gasteiger partial charge in [0.05, 0.1) is 23.5 Å². The van der Waals surface area contributed by atoms with Gasteiger partial charge in [-0.05, 0) is 56.2 Å². The Morgan fingerprint density at radius 2 is 1.88 bits per heavy atom. The van der Waals surface area contributed by atoms with Crippen LogP contribution in [0.25, 0.3) is 11.0 Å². The molecule has 2 atom stereocenters. The van der Waals surface area contributed by atoms with E-state index in [0.717, 1.165) is 47.9 Å². The lowest BCUT2D eigenvalue weighted by Crippen LogP contribution is -2.70. The summed E-state index contributed by atoms with van der Waals surface area (Å²) in [4.78, 5) is 9.30. The number of fused-ring (bicyclic) bond motifs is 1. The van der Waals surface area contributed by atoms with Gasteiger partial charge in [-0.3, -0.25) is 4.68 Å². The number of aryl methyl sites for hydroxylation is 3. The summed E-state index contributed by atoms with van der Waals surface area (Å²) in [5.41, 5.74) is 3.58. The van der Waals surface area contributed by atoms with Crippen LogP contribution in [0.5, 0.6) is 11.6 Å². The van der Waals surface area contributed by atoms with Crippen molar-refractivity contribution in [2.24, 2.45) is 18.4 Å². The molecular formula is C24H23N7O. The molecule has 8 nitrogen and oxygen atoms in total. The van der Waals surface area contributed by atoms with Crippen molar-refractivity contribution in [1.29, 1.82) is 10.5 Å². The van der Waals surface area contributed by atoms with Gasteiger partial charge in [-0.15, -0.1) is 0 Å². The Morgan fingerprint density at radius 3 is 2.50 bits per heavy atom. The van der Waals surface area contributed by atoms with E-state index in [-0.39, 0.29) is 16.9 Å². The predicted molar refractivity (Wildman–Crippen MR) is 117 cm³/mol. The van der Waals surface area contributed by atoms with Gasteiger partial charge >= 0.3 is 0 Å². The molecule has 2 aromatic heterocycles. The molecule has 0 aliphatic heterocycles. The standard InChI is InChI=1S/C24H23N7O/c1-13-4-15(17-6-16(17)7-25)5-14(2)19(13)32-21-18-8-31(3)30-20(18)27-22(28-21)29-24-9-23(10-24,11-24)12-26/h4-5,8,16-17H,6,9-11H2,1-3H3,(H,27,29,30)/t16-,17+,23?,24?/m1/s1. The third-order valence-corrected chi connectivity index (χ3v) is 7.17. The molecule has 8 heteroatoms. The number of benzene rings is 1. The van der Waals surface area contributed by atoms with Gasteiger partial charge in [-0.2, -0.15) is 25.6 Å². The van der Waals surface area contributed by atoms with Gasteiger partial charge in [0.2, 0.25) is 11.8 Å². The predicted octanol–water partition coefficient (Wildman–Crippen LogP) is 4.26. The van der Waals surface area contributed by atoms with E-state index in [2.05, 4.69) is 39.7 Å². The highest BCUT2D eigenvalue weighted by Gasteiger charge is 2.69. The molecule has 0 amide bonds. The van der Waals surface area contributed by atoms with E-state index in [0.29, 0.717) is 23.4 Å². The fourth-order valence-electron chi connectivity index (χ4n) is 5.56. The highest BCUT2D eigenvalue weighted by Crippen LogP contribution is 2.67. The van der Waals surface area contributed by atoms with Crippen molar-refractivity contribution in [3.8, 4) is 23.8 Å². The average Bonchev–Trinajstić information content (AvgIpc) is 3.39. The zero-order valence-electron chi connectivity index (χ0n) is 18.3. The minimum absolute atomic E-state index is 0.0789. The monoisotopic (exact) mass is 425 g/mol. The first-order valence-corrected chi connectivity index (χ1v) is 10.9. The molecule has 7 rings (SSSR count). The third-order valence-electron chi connectivity index (χ3n) is 7.17. The molecule has 1 aromatic carbocycles. The minimum Gasteiger partial charge on any atom is -0.437 e. The van der Waals surface area contributed by atoms with E-state index in [1.807, 2.05) is 27.1 Å². The van der Waals surface area contributed by atoms with E-state index in [1.165, 1.54) is 5.56 Å². The van der Waals surface area contributed by atoms with Crippen LogP contribution in [-0.2, 0) is 7.05 Å². The lowest BCUT2D eigenvalue weighted by atomic mass is 9.40. The first kappa shape index (κ1) is 19.1. The van der Waals surface area contributed by atoms with Gasteiger partial charge in [0.1, 0.15) is 11.1 Å². The van der Waals surface area contributed by atoms with Crippen LogP contribution >= 0.6 is 0 Å². The Kier molecular flexibility index (Phi) is 3.69. The Morgan fingerprint density at radius 1 is 1.16 bits per heavy atom. The smallest absolute Gasteiger partial charge is 0.235 e. The molecule has 1 N–H and O–H groups in total. The number of nitrogens with one attached hydrogen (secondary N) is 1. The van der Waals surface area contributed by atoms with E-state index in [1.54, 1.807) is 4.68 Å². The number of ether oxygens (including phenoxy) is 1. The highest BCUT2D eigenvalue weighted by atomic mass is 16.5. The van der Waals surface area contributed by atoms with Crippen molar-refractivity contribution >= 4 is 17.0 Å². The molecule has 4 aliphatic carbocycles. The fraction of sp³-hybridized carbons (Fsp3) is 0.458. The Bertz CT molecular complexity index is 1330. The molecule has 160 valence electrons. The van der Waals surface area contributed by atoms with Crippen LogP contribution in [0.4, 0.5) is 5.95 Å². The number of nitriles is 2. The molecule has 4 fully saturated rings. The summed E-state index contributed by atoms with van der Waals surface area (Å²) < 4.78 is 8.08. The van der Waals surface area contributed by atoms with Crippen molar-refractivity contribution in [3.05, 3.63) is 35.0 Å². The van der Waals surface area contributed by atoms with E-state index in [9.17, 15) is 5.26 Å². The molecule has 0 saturated heterocycles. The molecular weight excluding hydrogens is 402 g/mol. The maximum Gasteiger partial charge on any atom is 0.235 e. The minimum atomic E-state index is -0.149. The van der Waals surface area contributed by atoms with Crippen molar-refractivity contribution in [2.75, 3.05) is 5.32 Å². The van der Waals surface area contributed by atoms with Crippen molar-refractivity contribution in [1.82, 2.24) is 19.7 Å². The van der Waals surface area contributed by atoms with Crippen LogP contribution in [0.1, 0.15) is 48.3 Å². The Balaban J connectivity index is 1.33. The van der Waals surface area contributed by atoms with Crippen LogP contribution < -0.4 is 10.1 Å². The fourth-order valence-corrected chi connectivity index (χ4v) is 5.56. The molecule has 0 radical (unpaired) electrons. The number of rotatable bonds is 5. The van der Waals surface area contributed by atoms with Crippen LogP contribution in [0.15, 0.2) is 18.3 Å². The average molecular weight is 425 g/mol. The van der Waals surface area contributed by atoms with Gasteiger partial charge in [0, 0.05) is 24.7 Å². The normalized spacial score (nSPS) is 29.4. The molecule has 32 heavy (non-hydrogen) atoms. The summed E-state index contributed by atoms with van der Waals surface area (Å²) in [6.45, 7) is 4.05. The molecule has 0 spiro atoms. The molecule has 2 heterocycles. The summed E-state index contributed by atoms with van der Waals surface area (Å²) in [6.07, 6.45) is 5.30. The zero-order chi connectivity index (χ0) is 22.3. The first-order valence-electron chi connectivity index (χ1n) is 10.9. The van der Waals surface area contributed by atoms with Crippen molar-refractivity contribution < 1.29 is 4.74 Å². The van der Waals surface area contributed by atoms with Gasteiger partial charge in [-0.1, -0.05) is 12.1 Å². The van der Waals surface area contributed by atoms with Crippen LogP contribution in [0.3, 0.4) is 0 Å². The highest BCUT2D eigenvalue weighted by molar-refractivity contribution is 5.81. The number of nitrogens with zero attached hydrogens (tertiary/aromatic N) is 6. The molecule has 0 unspecified atom stereocenters. The van der Waals surface area contributed by atoms with E-state index in [4.69, 9.17) is 15.0 Å². The topological polar surface area (TPSA) is 112 Å². The second-order valence-electron chi connectivity index (χ2n) is 9.88. The van der Waals surface area contributed by atoms with Crippen LogP contribution in [0, 0.1) is 47.8 Å².